The summed E-state index contributed by atoms with van der Waals surface area (Å²) in [6, 6.07) is 12.5. The molecule has 3 heteroatoms. The van der Waals surface area contributed by atoms with Gasteiger partial charge in [0.2, 0.25) is 0 Å². The van der Waals surface area contributed by atoms with Gasteiger partial charge in [0.25, 0.3) is 0 Å². The predicted molar refractivity (Wildman–Crippen MR) is 60.3 cm³/mol. The molecule has 1 fully saturated rings. The number of benzene rings is 1. The van der Waals surface area contributed by atoms with E-state index in [2.05, 4.69) is 6.07 Å². The summed E-state index contributed by atoms with van der Waals surface area (Å²) < 4.78 is 0. The minimum atomic E-state index is -0.322. The highest BCUT2D eigenvalue weighted by Crippen LogP contribution is 2.34. The third kappa shape index (κ3) is 1.91. The highest BCUT2D eigenvalue weighted by molar-refractivity contribution is 6.04. The summed E-state index contributed by atoms with van der Waals surface area (Å²) in [6.07, 6.45) is 1.65. The summed E-state index contributed by atoms with van der Waals surface area (Å²) in [6.45, 7) is 1.59. The number of nitrogens with zero attached hydrogens (tertiary/aromatic N) is 2. The minimum absolute atomic E-state index is 0.322. The number of nitriles is 1. The Morgan fingerprint density at radius 3 is 2.33 bits per heavy atom. The first kappa shape index (κ1) is 10.3. The fourth-order valence-corrected chi connectivity index (χ4v) is 2.13. The monoisotopic (exact) mass is 196 g/mol. The Morgan fingerprint density at radius 2 is 1.80 bits per heavy atom. The molecule has 1 aromatic rings. The second kappa shape index (κ2) is 4.08. The van der Waals surface area contributed by atoms with Crippen molar-refractivity contribution in [2.24, 2.45) is 0 Å². The zero-order valence-corrected chi connectivity index (χ0v) is 8.69. The van der Waals surface area contributed by atoms with E-state index >= 15 is 0 Å². The number of rotatable bonds is 1. The molecule has 1 aliphatic rings. The molecule has 0 N–H and O–H groups in total. The maximum Gasteiger partial charge on any atom is 0.182 e. The smallest absolute Gasteiger partial charge is 0.182 e. The molecule has 1 saturated heterocycles. The molecule has 0 unspecified atom stereocenters. The largest absolute Gasteiger partial charge is 0.353 e. The van der Waals surface area contributed by atoms with Gasteiger partial charge in [-0.3, -0.25) is 0 Å². The summed E-state index contributed by atoms with van der Waals surface area (Å²) in [5.74, 6) is 0. The molecule has 74 valence electrons. The molecule has 0 aromatic heterocycles. The van der Waals surface area contributed by atoms with E-state index in [1.54, 1.807) is 4.81 Å². The second-order valence-electron chi connectivity index (χ2n) is 4.10. The quantitative estimate of drug-likeness (QED) is 0.638. The lowest BCUT2D eigenvalue weighted by Gasteiger charge is -2.36. The second-order valence-corrected chi connectivity index (χ2v) is 4.10. The average molecular weight is 196 g/mol. The molecular formula is C12H13BN2. The van der Waals surface area contributed by atoms with Gasteiger partial charge in [-0.1, -0.05) is 30.3 Å². The first-order valence-corrected chi connectivity index (χ1v) is 5.23. The molecule has 2 rings (SSSR count). The summed E-state index contributed by atoms with van der Waals surface area (Å²) in [7, 11) is 5.71. The van der Waals surface area contributed by atoms with E-state index in [4.69, 9.17) is 7.98 Å². The van der Waals surface area contributed by atoms with Gasteiger partial charge in [0.15, 0.2) is 7.98 Å². The molecule has 0 amide bonds. The van der Waals surface area contributed by atoms with Gasteiger partial charge in [0.1, 0.15) is 0 Å². The van der Waals surface area contributed by atoms with E-state index in [1.807, 2.05) is 30.3 Å². The van der Waals surface area contributed by atoms with Crippen LogP contribution in [0.25, 0.3) is 0 Å². The molecule has 0 aliphatic carbocycles. The fourth-order valence-electron chi connectivity index (χ4n) is 2.13. The third-order valence-electron chi connectivity index (χ3n) is 3.19. The van der Waals surface area contributed by atoms with Gasteiger partial charge in [-0.15, -0.1) is 0 Å². The van der Waals surface area contributed by atoms with E-state index in [0.29, 0.717) is 0 Å². The van der Waals surface area contributed by atoms with Gasteiger partial charge < -0.3 is 4.81 Å². The lowest BCUT2D eigenvalue weighted by Crippen LogP contribution is -2.40. The Kier molecular flexibility index (Phi) is 2.79. The fraction of sp³-hybridized carbons (Fsp3) is 0.417. The summed E-state index contributed by atoms with van der Waals surface area (Å²) in [5.41, 5.74) is 0.803. The SMILES string of the molecule is [B]N1CCC(C#N)(c2ccccc2)CC1. The molecule has 2 nitrogen and oxygen atoms in total. The zero-order chi connectivity index (χ0) is 10.7. The Hall–Kier alpha value is -1.27. The van der Waals surface area contributed by atoms with E-state index in [0.717, 1.165) is 31.5 Å². The first-order valence-electron chi connectivity index (χ1n) is 5.23. The molecule has 0 atom stereocenters. The van der Waals surface area contributed by atoms with Crippen LogP contribution in [0.5, 0.6) is 0 Å². The summed E-state index contributed by atoms with van der Waals surface area (Å²) >= 11 is 0. The van der Waals surface area contributed by atoms with Crippen LogP contribution in [0.15, 0.2) is 30.3 Å². The molecule has 15 heavy (non-hydrogen) atoms. The normalized spacial score (nSPS) is 20.7. The predicted octanol–water partition coefficient (Wildman–Crippen LogP) is 1.63. The van der Waals surface area contributed by atoms with Crippen LogP contribution in [0.3, 0.4) is 0 Å². The topological polar surface area (TPSA) is 27.0 Å². The standard InChI is InChI=1S/C12H13BN2/c13-15-8-6-12(10-14,7-9-15)11-4-2-1-3-5-11/h1-5H,6-9H2. The van der Waals surface area contributed by atoms with Crippen molar-refractivity contribution in [3.05, 3.63) is 35.9 Å². The lowest BCUT2D eigenvalue weighted by molar-refractivity contribution is 0.286. The van der Waals surface area contributed by atoms with Crippen molar-refractivity contribution in [2.45, 2.75) is 18.3 Å². The molecule has 1 aromatic carbocycles. The van der Waals surface area contributed by atoms with Crippen molar-refractivity contribution in [3.8, 4) is 6.07 Å². The van der Waals surface area contributed by atoms with E-state index in [9.17, 15) is 5.26 Å². The number of hydrogen-bond acceptors (Lipinski definition) is 2. The molecule has 2 radical (unpaired) electrons. The molecule has 0 saturated carbocycles. The number of hydrogen-bond donors (Lipinski definition) is 0. The van der Waals surface area contributed by atoms with Crippen molar-refractivity contribution < 1.29 is 0 Å². The average Bonchev–Trinajstić information content (AvgIpc) is 2.32. The third-order valence-corrected chi connectivity index (χ3v) is 3.19. The zero-order valence-electron chi connectivity index (χ0n) is 8.69. The Morgan fingerprint density at radius 1 is 1.20 bits per heavy atom. The highest BCUT2D eigenvalue weighted by Gasteiger charge is 2.34. The van der Waals surface area contributed by atoms with Crippen molar-refractivity contribution >= 4 is 7.98 Å². The lowest BCUT2D eigenvalue weighted by atomic mass is 9.73. The van der Waals surface area contributed by atoms with Crippen LogP contribution in [0.1, 0.15) is 18.4 Å². The molecule has 0 bridgehead atoms. The molecule has 1 heterocycles. The maximum absolute atomic E-state index is 9.37. The van der Waals surface area contributed by atoms with Crippen LogP contribution < -0.4 is 0 Å². The maximum atomic E-state index is 9.37. The van der Waals surface area contributed by atoms with Crippen LogP contribution in [0.4, 0.5) is 0 Å². The molecule has 1 aliphatic heterocycles. The van der Waals surface area contributed by atoms with Gasteiger partial charge in [-0.25, -0.2) is 0 Å². The van der Waals surface area contributed by atoms with Crippen LogP contribution in [-0.2, 0) is 5.41 Å². The highest BCUT2D eigenvalue weighted by atomic mass is 15.0. The van der Waals surface area contributed by atoms with Crippen molar-refractivity contribution in [1.82, 2.24) is 4.81 Å². The molecular weight excluding hydrogens is 183 g/mol. The Labute approximate surface area is 91.9 Å². The van der Waals surface area contributed by atoms with Gasteiger partial charge in [0, 0.05) is 0 Å². The van der Waals surface area contributed by atoms with E-state index in [1.165, 1.54) is 0 Å². The minimum Gasteiger partial charge on any atom is -0.353 e. The van der Waals surface area contributed by atoms with Crippen LogP contribution in [-0.4, -0.2) is 25.9 Å². The van der Waals surface area contributed by atoms with Crippen molar-refractivity contribution in [1.29, 1.82) is 5.26 Å². The first-order chi connectivity index (χ1) is 7.27. The van der Waals surface area contributed by atoms with E-state index < -0.39 is 0 Å². The van der Waals surface area contributed by atoms with Crippen LogP contribution in [0.2, 0.25) is 0 Å². The van der Waals surface area contributed by atoms with Crippen molar-refractivity contribution in [3.63, 3.8) is 0 Å². The summed E-state index contributed by atoms with van der Waals surface area (Å²) in [4.78, 5) is 1.79. The Balaban J connectivity index is 2.28. The van der Waals surface area contributed by atoms with Crippen LogP contribution in [0, 0.1) is 11.3 Å². The van der Waals surface area contributed by atoms with Gasteiger partial charge in [0.05, 0.1) is 11.5 Å². The summed E-state index contributed by atoms with van der Waals surface area (Å²) in [5, 5.41) is 9.37. The number of piperidine rings is 1. The van der Waals surface area contributed by atoms with Gasteiger partial charge in [-0.05, 0) is 31.5 Å². The van der Waals surface area contributed by atoms with Crippen LogP contribution >= 0.6 is 0 Å². The Bertz CT molecular complexity index is 361. The van der Waals surface area contributed by atoms with Gasteiger partial charge in [-0.2, -0.15) is 5.26 Å². The molecule has 0 spiro atoms. The van der Waals surface area contributed by atoms with Gasteiger partial charge >= 0.3 is 0 Å². The van der Waals surface area contributed by atoms with E-state index in [-0.39, 0.29) is 5.41 Å². The van der Waals surface area contributed by atoms with Crippen molar-refractivity contribution in [2.75, 3.05) is 13.1 Å².